The molecular formula is C13H19NO2. The number of carbonyl (C=O) groups excluding carboxylic acids is 1. The largest absolute Gasteiger partial charge is 0.496 e. The number of aryl methyl sites for hydroxylation is 1. The van der Waals surface area contributed by atoms with E-state index < -0.39 is 0 Å². The van der Waals surface area contributed by atoms with Gasteiger partial charge in [0.05, 0.1) is 7.11 Å². The van der Waals surface area contributed by atoms with Gasteiger partial charge in [-0.3, -0.25) is 4.79 Å². The first-order valence-electron chi connectivity index (χ1n) is 5.41. The SMILES string of the molecule is COc1cc(C)c(NC(C)=O)cc1C(C)C. The standard InChI is InChI=1S/C13H19NO2/c1-8(2)11-7-12(14-10(4)15)9(3)6-13(11)16-5/h6-8H,1-5H3,(H,14,15). The normalized spacial score (nSPS) is 10.4. The van der Waals surface area contributed by atoms with Gasteiger partial charge in [0, 0.05) is 12.6 Å². The molecule has 0 radical (unpaired) electrons. The summed E-state index contributed by atoms with van der Waals surface area (Å²) >= 11 is 0. The molecule has 0 heterocycles. The zero-order valence-electron chi connectivity index (χ0n) is 10.5. The van der Waals surface area contributed by atoms with Crippen molar-refractivity contribution in [1.29, 1.82) is 0 Å². The molecule has 0 spiro atoms. The number of anilines is 1. The lowest BCUT2D eigenvalue weighted by Crippen LogP contribution is -2.08. The van der Waals surface area contributed by atoms with Gasteiger partial charge in [0.2, 0.25) is 5.91 Å². The third kappa shape index (κ3) is 2.75. The fraction of sp³-hybridized carbons (Fsp3) is 0.462. The van der Waals surface area contributed by atoms with Gasteiger partial charge in [-0.2, -0.15) is 0 Å². The summed E-state index contributed by atoms with van der Waals surface area (Å²) < 4.78 is 5.33. The molecule has 0 saturated heterocycles. The van der Waals surface area contributed by atoms with Crippen LogP contribution in [0.1, 0.15) is 37.8 Å². The van der Waals surface area contributed by atoms with Crippen molar-refractivity contribution in [3.63, 3.8) is 0 Å². The molecule has 88 valence electrons. The first-order chi connectivity index (χ1) is 7.45. The van der Waals surface area contributed by atoms with Crippen molar-refractivity contribution in [3.05, 3.63) is 23.3 Å². The molecule has 0 unspecified atom stereocenters. The van der Waals surface area contributed by atoms with Gasteiger partial charge in [-0.1, -0.05) is 13.8 Å². The second-order valence-electron chi connectivity index (χ2n) is 4.24. The number of nitrogens with one attached hydrogen (secondary N) is 1. The number of amides is 1. The molecule has 0 atom stereocenters. The molecule has 1 amide bonds. The van der Waals surface area contributed by atoms with Gasteiger partial charge in [0.25, 0.3) is 0 Å². The lowest BCUT2D eigenvalue weighted by molar-refractivity contribution is -0.114. The lowest BCUT2D eigenvalue weighted by atomic mass is 9.99. The quantitative estimate of drug-likeness (QED) is 0.851. The monoisotopic (exact) mass is 221 g/mol. The van der Waals surface area contributed by atoms with Gasteiger partial charge in [-0.05, 0) is 36.1 Å². The van der Waals surface area contributed by atoms with Crippen LogP contribution in [0.5, 0.6) is 5.75 Å². The predicted molar refractivity (Wildman–Crippen MR) is 66.1 cm³/mol. The van der Waals surface area contributed by atoms with Crippen LogP contribution in [0.4, 0.5) is 5.69 Å². The van der Waals surface area contributed by atoms with Crippen molar-refractivity contribution in [2.75, 3.05) is 12.4 Å². The van der Waals surface area contributed by atoms with Crippen molar-refractivity contribution in [1.82, 2.24) is 0 Å². The van der Waals surface area contributed by atoms with E-state index >= 15 is 0 Å². The van der Waals surface area contributed by atoms with Gasteiger partial charge < -0.3 is 10.1 Å². The zero-order valence-corrected chi connectivity index (χ0v) is 10.5. The molecule has 0 aliphatic rings. The number of hydrogen-bond donors (Lipinski definition) is 1. The van der Waals surface area contributed by atoms with Crippen molar-refractivity contribution in [3.8, 4) is 5.75 Å². The molecule has 0 bridgehead atoms. The Morgan fingerprint density at radius 3 is 2.44 bits per heavy atom. The summed E-state index contributed by atoms with van der Waals surface area (Å²) in [4.78, 5) is 11.1. The second kappa shape index (κ2) is 5.01. The Labute approximate surface area is 96.8 Å². The number of benzene rings is 1. The number of rotatable bonds is 3. The molecule has 1 N–H and O–H groups in total. The minimum absolute atomic E-state index is 0.0528. The Kier molecular flexibility index (Phi) is 3.93. The fourth-order valence-corrected chi connectivity index (χ4v) is 1.65. The molecule has 3 heteroatoms. The van der Waals surface area contributed by atoms with Crippen LogP contribution in [-0.4, -0.2) is 13.0 Å². The molecule has 1 aromatic carbocycles. The Hall–Kier alpha value is -1.51. The van der Waals surface area contributed by atoms with Crippen molar-refractivity contribution in [2.24, 2.45) is 0 Å². The summed E-state index contributed by atoms with van der Waals surface area (Å²) in [5.74, 6) is 1.19. The van der Waals surface area contributed by atoms with E-state index in [-0.39, 0.29) is 5.91 Å². The van der Waals surface area contributed by atoms with Gasteiger partial charge in [-0.25, -0.2) is 0 Å². The van der Waals surface area contributed by atoms with E-state index in [4.69, 9.17) is 4.74 Å². The molecule has 1 aromatic rings. The molecular weight excluding hydrogens is 202 g/mol. The highest BCUT2D eigenvalue weighted by Crippen LogP contribution is 2.31. The number of carbonyl (C=O) groups is 1. The first kappa shape index (κ1) is 12.6. The average molecular weight is 221 g/mol. The molecule has 0 aromatic heterocycles. The maximum Gasteiger partial charge on any atom is 0.221 e. The van der Waals surface area contributed by atoms with Crippen molar-refractivity contribution in [2.45, 2.75) is 33.6 Å². The third-order valence-electron chi connectivity index (χ3n) is 2.51. The summed E-state index contributed by atoms with van der Waals surface area (Å²) in [6.07, 6.45) is 0. The molecule has 0 fully saturated rings. The van der Waals surface area contributed by atoms with Crippen molar-refractivity contribution < 1.29 is 9.53 Å². The van der Waals surface area contributed by atoms with E-state index in [0.29, 0.717) is 5.92 Å². The average Bonchev–Trinajstić information content (AvgIpc) is 2.19. The van der Waals surface area contributed by atoms with Crippen LogP contribution in [0, 0.1) is 6.92 Å². The van der Waals surface area contributed by atoms with Crippen LogP contribution in [0.15, 0.2) is 12.1 Å². The third-order valence-corrected chi connectivity index (χ3v) is 2.51. The van der Waals surface area contributed by atoms with Gasteiger partial charge in [0.1, 0.15) is 5.75 Å². The smallest absolute Gasteiger partial charge is 0.221 e. The Morgan fingerprint density at radius 1 is 1.38 bits per heavy atom. The summed E-state index contributed by atoms with van der Waals surface area (Å²) in [7, 11) is 1.67. The molecule has 3 nitrogen and oxygen atoms in total. The molecule has 1 rings (SSSR count). The summed E-state index contributed by atoms with van der Waals surface area (Å²) in [5.41, 5.74) is 2.98. The van der Waals surface area contributed by atoms with E-state index in [1.807, 2.05) is 19.1 Å². The highest BCUT2D eigenvalue weighted by Gasteiger charge is 2.11. The Balaban J connectivity index is 3.21. The van der Waals surface area contributed by atoms with E-state index in [1.54, 1.807) is 7.11 Å². The van der Waals surface area contributed by atoms with E-state index in [0.717, 1.165) is 22.6 Å². The van der Waals surface area contributed by atoms with Crippen LogP contribution in [-0.2, 0) is 4.79 Å². The van der Waals surface area contributed by atoms with E-state index in [1.165, 1.54) is 6.92 Å². The first-order valence-corrected chi connectivity index (χ1v) is 5.41. The van der Waals surface area contributed by atoms with Gasteiger partial charge in [-0.15, -0.1) is 0 Å². The second-order valence-corrected chi connectivity index (χ2v) is 4.24. The molecule has 0 aliphatic heterocycles. The minimum atomic E-state index is -0.0528. The van der Waals surface area contributed by atoms with Gasteiger partial charge in [0.15, 0.2) is 0 Å². The number of hydrogen-bond acceptors (Lipinski definition) is 2. The topological polar surface area (TPSA) is 38.3 Å². The molecule has 16 heavy (non-hydrogen) atoms. The summed E-state index contributed by atoms with van der Waals surface area (Å²) in [6, 6.07) is 3.95. The minimum Gasteiger partial charge on any atom is -0.496 e. The Morgan fingerprint density at radius 2 is 2.00 bits per heavy atom. The van der Waals surface area contributed by atoms with Gasteiger partial charge >= 0.3 is 0 Å². The highest BCUT2D eigenvalue weighted by molar-refractivity contribution is 5.89. The van der Waals surface area contributed by atoms with Crippen LogP contribution < -0.4 is 10.1 Å². The van der Waals surface area contributed by atoms with Crippen LogP contribution in [0.3, 0.4) is 0 Å². The Bertz CT molecular complexity index is 397. The van der Waals surface area contributed by atoms with Crippen LogP contribution >= 0.6 is 0 Å². The lowest BCUT2D eigenvalue weighted by Gasteiger charge is -2.16. The van der Waals surface area contributed by atoms with E-state index in [9.17, 15) is 4.79 Å². The summed E-state index contributed by atoms with van der Waals surface area (Å²) in [6.45, 7) is 7.67. The summed E-state index contributed by atoms with van der Waals surface area (Å²) in [5, 5.41) is 2.83. The molecule has 0 saturated carbocycles. The van der Waals surface area contributed by atoms with Crippen molar-refractivity contribution >= 4 is 11.6 Å². The number of methoxy groups -OCH3 is 1. The molecule has 0 aliphatic carbocycles. The van der Waals surface area contributed by atoms with Crippen LogP contribution in [0.2, 0.25) is 0 Å². The van der Waals surface area contributed by atoms with Crippen LogP contribution in [0.25, 0.3) is 0 Å². The number of ether oxygens (including phenoxy) is 1. The maximum absolute atomic E-state index is 11.1. The highest BCUT2D eigenvalue weighted by atomic mass is 16.5. The predicted octanol–water partition coefficient (Wildman–Crippen LogP) is 3.09. The zero-order chi connectivity index (χ0) is 12.3. The fourth-order valence-electron chi connectivity index (χ4n) is 1.65. The van der Waals surface area contributed by atoms with E-state index in [2.05, 4.69) is 19.2 Å². The maximum atomic E-state index is 11.1.